The number of sulfone groups is 1. The lowest BCUT2D eigenvalue weighted by atomic mass is 10.1. The van der Waals surface area contributed by atoms with Crippen molar-refractivity contribution in [1.82, 2.24) is 20.3 Å². The molecule has 0 radical (unpaired) electrons. The number of nitrogens with one attached hydrogen (secondary N) is 1. The van der Waals surface area contributed by atoms with E-state index in [1.54, 1.807) is 13.0 Å². The summed E-state index contributed by atoms with van der Waals surface area (Å²) in [7, 11) is -3.64. The van der Waals surface area contributed by atoms with Gasteiger partial charge < -0.3 is 9.26 Å². The van der Waals surface area contributed by atoms with Crippen LogP contribution in [0.25, 0.3) is 11.5 Å². The van der Waals surface area contributed by atoms with Crippen molar-refractivity contribution in [2.24, 2.45) is 0 Å². The molecule has 0 bridgehead atoms. The van der Waals surface area contributed by atoms with Gasteiger partial charge in [0.05, 0.1) is 11.7 Å². The molecule has 10 heteroatoms. The summed E-state index contributed by atoms with van der Waals surface area (Å²) in [5.74, 6) is 0.782. The third-order valence-corrected chi connectivity index (χ3v) is 7.71. The number of rotatable bonds is 6. The van der Waals surface area contributed by atoms with Gasteiger partial charge in [0.2, 0.25) is 5.82 Å². The molecule has 9 nitrogen and oxygen atoms in total. The number of hydrogen-bond acceptors (Lipinski definition) is 8. The summed E-state index contributed by atoms with van der Waals surface area (Å²) in [6.45, 7) is 5.46. The molecule has 26 heavy (non-hydrogen) atoms. The lowest BCUT2D eigenvalue weighted by Gasteiger charge is -2.31. The first-order valence-electron chi connectivity index (χ1n) is 8.41. The normalized spacial score (nSPS) is 16.7. The van der Waals surface area contributed by atoms with Crippen molar-refractivity contribution < 1.29 is 22.5 Å². The van der Waals surface area contributed by atoms with E-state index in [0.29, 0.717) is 49.2 Å². The van der Waals surface area contributed by atoms with Crippen molar-refractivity contribution in [2.75, 3.05) is 13.2 Å². The molecule has 3 heterocycles. The summed E-state index contributed by atoms with van der Waals surface area (Å²) >= 11 is 0. The highest BCUT2D eigenvalue weighted by Gasteiger charge is 2.46. The zero-order valence-corrected chi connectivity index (χ0v) is 15.8. The molecule has 0 saturated carbocycles. The van der Waals surface area contributed by atoms with Crippen LogP contribution in [0.2, 0.25) is 0 Å². The standard InChI is InChI=1S/C16H22N4O5S/c1-10-8-12(20-25-10)15-17-14(18-19-15)9-13(21)16(2,3)26(22,23)11-4-6-24-7-5-11/h8,11H,4-7,9H2,1-3H3,(H,17,18,19). The van der Waals surface area contributed by atoms with E-state index in [2.05, 4.69) is 20.3 Å². The minimum absolute atomic E-state index is 0.153. The van der Waals surface area contributed by atoms with Crippen LogP contribution in [-0.2, 0) is 25.8 Å². The van der Waals surface area contributed by atoms with E-state index in [0.717, 1.165) is 0 Å². The predicted octanol–water partition coefficient (Wildman–Crippen LogP) is 1.25. The third kappa shape index (κ3) is 3.43. The Morgan fingerprint density at radius 3 is 2.65 bits per heavy atom. The number of ketones is 1. The second-order valence-corrected chi connectivity index (χ2v) is 9.67. The monoisotopic (exact) mass is 382 g/mol. The zero-order chi connectivity index (χ0) is 18.9. The van der Waals surface area contributed by atoms with E-state index < -0.39 is 25.6 Å². The lowest BCUT2D eigenvalue weighted by Crippen LogP contribution is -2.48. The third-order valence-electron chi connectivity index (χ3n) is 4.71. The fourth-order valence-electron chi connectivity index (χ4n) is 2.89. The van der Waals surface area contributed by atoms with Gasteiger partial charge in [-0.25, -0.2) is 13.4 Å². The molecular formula is C16H22N4O5S. The highest BCUT2D eigenvalue weighted by atomic mass is 32.2. The van der Waals surface area contributed by atoms with E-state index in [1.165, 1.54) is 13.8 Å². The topological polar surface area (TPSA) is 128 Å². The molecule has 0 spiro atoms. The Hall–Kier alpha value is -2.07. The van der Waals surface area contributed by atoms with Crippen molar-refractivity contribution in [3.05, 3.63) is 17.7 Å². The number of H-pyrrole nitrogens is 1. The summed E-state index contributed by atoms with van der Waals surface area (Å²) in [5, 5.41) is 9.94. The van der Waals surface area contributed by atoms with Crippen LogP contribution in [0.4, 0.5) is 0 Å². The summed E-state index contributed by atoms with van der Waals surface area (Å²) in [6, 6.07) is 1.67. The van der Waals surface area contributed by atoms with Gasteiger partial charge in [-0.1, -0.05) is 5.16 Å². The van der Waals surface area contributed by atoms with E-state index in [-0.39, 0.29) is 6.42 Å². The minimum atomic E-state index is -3.64. The number of hydrogen-bond donors (Lipinski definition) is 1. The van der Waals surface area contributed by atoms with E-state index in [1.807, 2.05) is 0 Å². The summed E-state index contributed by atoms with van der Waals surface area (Å²) < 4.78 is 34.5. The molecule has 1 fully saturated rings. The molecule has 3 rings (SSSR count). The molecule has 0 aliphatic carbocycles. The summed E-state index contributed by atoms with van der Waals surface area (Å²) in [5.41, 5.74) is 0.450. The summed E-state index contributed by atoms with van der Waals surface area (Å²) in [6.07, 6.45) is 0.674. The molecule has 142 valence electrons. The molecule has 0 atom stereocenters. The largest absolute Gasteiger partial charge is 0.381 e. The number of carbonyl (C=O) groups excluding carboxylic acids is 1. The molecule has 1 aliphatic heterocycles. The second-order valence-electron chi connectivity index (χ2n) is 6.90. The van der Waals surface area contributed by atoms with Crippen LogP contribution in [0.5, 0.6) is 0 Å². The molecule has 0 aromatic carbocycles. The Morgan fingerprint density at radius 2 is 2.04 bits per heavy atom. The lowest BCUT2D eigenvalue weighted by molar-refractivity contribution is -0.120. The predicted molar refractivity (Wildman–Crippen MR) is 92.2 cm³/mol. The molecule has 1 aliphatic rings. The molecular weight excluding hydrogens is 360 g/mol. The van der Waals surface area contributed by atoms with Crippen LogP contribution < -0.4 is 0 Å². The van der Waals surface area contributed by atoms with E-state index >= 15 is 0 Å². The number of carbonyl (C=O) groups is 1. The van der Waals surface area contributed by atoms with Crippen LogP contribution in [0.1, 0.15) is 38.3 Å². The van der Waals surface area contributed by atoms with Crippen molar-refractivity contribution in [3.8, 4) is 11.5 Å². The number of aromatic amines is 1. The molecule has 1 saturated heterocycles. The Labute approximate surface area is 151 Å². The minimum Gasteiger partial charge on any atom is -0.381 e. The quantitative estimate of drug-likeness (QED) is 0.790. The SMILES string of the molecule is Cc1cc(-c2n[nH]c(CC(=O)C(C)(C)S(=O)(=O)C3CCOCC3)n2)no1. The van der Waals surface area contributed by atoms with E-state index in [9.17, 15) is 13.2 Å². The molecule has 2 aromatic rings. The van der Waals surface area contributed by atoms with Crippen LogP contribution in [-0.4, -0.2) is 57.7 Å². The zero-order valence-electron chi connectivity index (χ0n) is 15.0. The molecule has 2 aromatic heterocycles. The van der Waals surface area contributed by atoms with Crippen LogP contribution in [0.15, 0.2) is 10.6 Å². The molecule has 1 N–H and O–H groups in total. The number of nitrogens with zero attached hydrogens (tertiary/aromatic N) is 3. The highest BCUT2D eigenvalue weighted by Crippen LogP contribution is 2.29. The number of aryl methyl sites for hydroxylation is 1. The average Bonchev–Trinajstić information content (AvgIpc) is 3.24. The average molecular weight is 382 g/mol. The van der Waals surface area contributed by atoms with Gasteiger partial charge in [-0.2, -0.15) is 5.10 Å². The smallest absolute Gasteiger partial charge is 0.203 e. The maximum atomic E-state index is 12.9. The van der Waals surface area contributed by atoms with Crippen molar-refractivity contribution in [2.45, 2.75) is 50.0 Å². The summed E-state index contributed by atoms with van der Waals surface area (Å²) in [4.78, 5) is 17.0. The number of aromatic nitrogens is 4. The van der Waals surface area contributed by atoms with Crippen molar-refractivity contribution >= 4 is 15.6 Å². The Morgan fingerprint density at radius 1 is 1.35 bits per heavy atom. The Bertz CT molecular complexity index is 893. The van der Waals surface area contributed by atoms with Crippen LogP contribution in [0.3, 0.4) is 0 Å². The maximum absolute atomic E-state index is 12.9. The van der Waals surface area contributed by atoms with Gasteiger partial charge in [0.1, 0.15) is 16.3 Å². The van der Waals surface area contributed by atoms with Gasteiger partial charge >= 0.3 is 0 Å². The molecule has 0 unspecified atom stereocenters. The highest BCUT2D eigenvalue weighted by molar-refractivity contribution is 7.94. The fourth-order valence-corrected chi connectivity index (χ4v) is 4.92. The van der Waals surface area contributed by atoms with Gasteiger partial charge in [-0.05, 0) is 33.6 Å². The maximum Gasteiger partial charge on any atom is 0.203 e. The fraction of sp³-hybridized carbons (Fsp3) is 0.625. The Kier molecular flexibility index (Phi) is 4.98. The van der Waals surface area contributed by atoms with E-state index in [4.69, 9.17) is 9.26 Å². The first-order valence-corrected chi connectivity index (χ1v) is 9.96. The van der Waals surface area contributed by atoms with Gasteiger partial charge in [0.25, 0.3) is 0 Å². The number of ether oxygens (including phenoxy) is 1. The number of Topliss-reactive ketones (excluding diaryl/α,β-unsaturated/α-hetero) is 1. The van der Waals surface area contributed by atoms with Crippen LogP contribution in [0, 0.1) is 6.92 Å². The molecule has 0 amide bonds. The van der Waals surface area contributed by atoms with Crippen molar-refractivity contribution in [3.63, 3.8) is 0 Å². The van der Waals surface area contributed by atoms with Gasteiger partial charge in [-0.3, -0.25) is 9.89 Å². The van der Waals surface area contributed by atoms with Crippen LogP contribution >= 0.6 is 0 Å². The Balaban J connectivity index is 1.75. The first kappa shape index (κ1) is 18.7. The first-order chi connectivity index (χ1) is 12.2. The van der Waals surface area contributed by atoms with Gasteiger partial charge in [0.15, 0.2) is 21.3 Å². The van der Waals surface area contributed by atoms with Gasteiger partial charge in [0, 0.05) is 19.3 Å². The van der Waals surface area contributed by atoms with Gasteiger partial charge in [-0.15, -0.1) is 0 Å². The van der Waals surface area contributed by atoms with Crippen molar-refractivity contribution in [1.29, 1.82) is 0 Å². The second kappa shape index (κ2) is 6.92.